The van der Waals surface area contributed by atoms with Crippen LogP contribution in [0, 0.1) is 13.8 Å². The molecule has 4 heterocycles. The van der Waals surface area contributed by atoms with Crippen molar-refractivity contribution in [2.45, 2.75) is 20.4 Å². The normalized spacial score (nSPS) is 11.6. The van der Waals surface area contributed by atoms with Gasteiger partial charge in [-0.15, -0.1) is 21.5 Å². The highest BCUT2D eigenvalue weighted by Gasteiger charge is 2.16. The number of benzene rings is 1. The Kier molecular flexibility index (Phi) is 4.14. The summed E-state index contributed by atoms with van der Waals surface area (Å²) in [7, 11) is 1.67. The zero-order valence-electron chi connectivity index (χ0n) is 16.7. The molecule has 9 heteroatoms. The van der Waals surface area contributed by atoms with Crippen molar-refractivity contribution < 1.29 is 0 Å². The fourth-order valence-electron chi connectivity index (χ4n) is 3.56. The van der Waals surface area contributed by atoms with Gasteiger partial charge in [-0.05, 0) is 44.2 Å². The summed E-state index contributed by atoms with van der Waals surface area (Å²) in [5, 5.41) is 13.6. The second kappa shape index (κ2) is 6.74. The quantitative estimate of drug-likeness (QED) is 0.449. The first-order valence-electron chi connectivity index (χ1n) is 9.41. The number of aryl methyl sites for hydroxylation is 3. The van der Waals surface area contributed by atoms with Crippen molar-refractivity contribution in [1.82, 2.24) is 28.9 Å². The largest absolute Gasteiger partial charge is 0.279 e. The van der Waals surface area contributed by atoms with Gasteiger partial charge in [-0.2, -0.15) is 5.10 Å². The van der Waals surface area contributed by atoms with E-state index in [1.54, 1.807) is 24.5 Å². The van der Waals surface area contributed by atoms with Crippen molar-refractivity contribution in [3.8, 4) is 10.6 Å². The minimum absolute atomic E-state index is 0.134. The topological polar surface area (TPSA) is 87.1 Å². The van der Waals surface area contributed by atoms with Gasteiger partial charge in [-0.25, -0.2) is 4.68 Å². The van der Waals surface area contributed by atoms with Crippen LogP contribution in [0.5, 0.6) is 0 Å². The zero-order valence-corrected chi connectivity index (χ0v) is 17.5. The van der Waals surface area contributed by atoms with Crippen molar-refractivity contribution in [3.63, 3.8) is 0 Å². The Labute approximate surface area is 174 Å². The van der Waals surface area contributed by atoms with Gasteiger partial charge in [0.15, 0.2) is 5.82 Å². The van der Waals surface area contributed by atoms with E-state index in [1.807, 2.05) is 48.6 Å². The number of thiophene rings is 1. The van der Waals surface area contributed by atoms with Gasteiger partial charge in [-0.1, -0.05) is 11.6 Å². The fraction of sp³-hybridized carbons (Fsp3) is 0.190. The number of fused-ring (bicyclic) bond motifs is 3. The molecule has 0 unspecified atom stereocenters. The second-order valence-corrected chi connectivity index (χ2v) is 8.55. The highest BCUT2D eigenvalue weighted by molar-refractivity contribution is 7.15. The molecule has 0 amide bonds. The third-order valence-electron chi connectivity index (χ3n) is 5.09. The molecular formula is C21H18N6O2S. The molecule has 4 aromatic heterocycles. The first kappa shape index (κ1) is 18.4. The molecule has 0 saturated carbocycles. The van der Waals surface area contributed by atoms with Crippen LogP contribution in [0.3, 0.4) is 0 Å². The van der Waals surface area contributed by atoms with Crippen LogP contribution < -0.4 is 11.1 Å². The lowest BCUT2D eigenvalue weighted by molar-refractivity contribution is 0.614. The van der Waals surface area contributed by atoms with E-state index in [4.69, 9.17) is 0 Å². The summed E-state index contributed by atoms with van der Waals surface area (Å²) in [4.78, 5) is 27.4. The first-order valence-corrected chi connectivity index (χ1v) is 10.2. The lowest BCUT2D eigenvalue weighted by atomic mass is 10.1. The summed E-state index contributed by atoms with van der Waals surface area (Å²) in [5.74, 6) is 0.952. The number of hydrogen-bond acceptors (Lipinski definition) is 6. The Bertz CT molecular complexity index is 1560. The molecule has 0 aliphatic rings. The fourth-order valence-corrected chi connectivity index (χ4v) is 4.39. The van der Waals surface area contributed by atoms with Crippen molar-refractivity contribution in [3.05, 3.63) is 79.4 Å². The van der Waals surface area contributed by atoms with E-state index < -0.39 is 0 Å². The lowest BCUT2D eigenvalue weighted by Gasteiger charge is -2.09. The second-order valence-electron chi connectivity index (χ2n) is 7.26. The molecule has 0 bridgehead atoms. The molecule has 1 aromatic carbocycles. The van der Waals surface area contributed by atoms with Crippen LogP contribution in [-0.2, 0) is 13.6 Å². The number of nitrogens with zero attached hydrogens (tertiary/aromatic N) is 6. The standard InChI is InChI=1S/C21H18N6O2S/c1-12-4-7-16-14(10-12)20(29)25(3)21-23-22-18(27(16)21)11-26-19(28)9-6-15(24-26)17-8-5-13(2)30-17/h4-10H,11H2,1-3H3. The minimum atomic E-state index is -0.228. The van der Waals surface area contributed by atoms with E-state index in [0.717, 1.165) is 16.1 Å². The van der Waals surface area contributed by atoms with Crippen molar-refractivity contribution in [1.29, 1.82) is 0 Å². The Morgan fingerprint density at radius 2 is 1.83 bits per heavy atom. The van der Waals surface area contributed by atoms with Gasteiger partial charge in [0, 0.05) is 18.0 Å². The van der Waals surface area contributed by atoms with Crippen LogP contribution in [0.1, 0.15) is 16.3 Å². The van der Waals surface area contributed by atoms with Crippen molar-refractivity contribution >= 4 is 28.0 Å². The third kappa shape index (κ3) is 2.86. The smallest absolute Gasteiger partial charge is 0.267 e. The first-order chi connectivity index (χ1) is 14.4. The SMILES string of the molecule is Cc1ccc2c(c1)c(=O)n(C)c1nnc(Cn3nc(-c4ccc(C)s4)ccc3=O)n21. The third-order valence-corrected chi connectivity index (χ3v) is 6.11. The average Bonchev–Trinajstić information content (AvgIpc) is 3.34. The minimum Gasteiger partial charge on any atom is -0.279 e. The van der Waals surface area contributed by atoms with Crippen LogP contribution in [0.25, 0.3) is 27.3 Å². The molecule has 0 radical (unpaired) electrons. The predicted octanol–water partition coefficient (Wildman–Crippen LogP) is 2.53. The molecule has 0 aliphatic carbocycles. The molecule has 30 heavy (non-hydrogen) atoms. The Balaban J connectivity index is 1.69. The molecule has 8 nitrogen and oxygen atoms in total. The van der Waals surface area contributed by atoms with Gasteiger partial charge < -0.3 is 0 Å². The molecule has 0 fully saturated rings. The van der Waals surface area contributed by atoms with E-state index in [-0.39, 0.29) is 17.7 Å². The van der Waals surface area contributed by atoms with Gasteiger partial charge >= 0.3 is 0 Å². The van der Waals surface area contributed by atoms with Crippen LogP contribution in [0.15, 0.2) is 52.1 Å². The van der Waals surface area contributed by atoms with Crippen LogP contribution >= 0.6 is 11.3 Å². The molecule has 0 spiro atoms. The molecule has 150 valence electrons. The highest BCUT2D eigenvalue weighted by atomic mass is 32.1. The molecule has 0 aliphatic heterocycles. The van der Waals surface area contributed by atoms with Gasteiger partial charge in [0.2, 0.25) is 5.78 Å². The van der Waals surface area contributed by atoms with Crippen LogP contribution in [0.4, 0.5) is 0 Å². The van der Waals surface area contributed by atoms with E-state index in [2.05, 4.69) is 15.3 Å². The number of hydrogen-bond donors (Lipinski definition) is 0. The Hall–Kier alpha value is -3.59. The summed E-state index contributed by atoms with van der Waals surface area (Å²) in [5.41, 5.74) is 2.07. The molecular weight excluding hydrogens is 400 g/mol. The highest BCUT2D eigenvalue weighted by Crippen LogP contribution is 2.25. The van der Waals surface area contributed by atoms with Gasteiger partial charge in [0.1, 0.15) is 12.2 Å². The van der Waals surface area contributed by atoms with Crippen molar-refractivity contribution in [2.24, 2.45) is 7.05 Å². The van der Waals surface area contributed by atoms with E-state index in [1.165, 1.54) is 20.2 Å². The maximum Gasteiger partial charge on any atom is 0.267 e. The van der Waals surface area contributed by atoms with Gasteiger partial charge in [-0.3, -0.25) is 18.6 Å². The molecule has 0 atom stereocenters. The summed E-state index contributed by atoms with van der Waals surface area (Å²) < 4.78 is 4.66. The molecule has 5 aromatic rings. The molecule has 0 saturated heterocycles. The summed E-state index contributed by atoms with van der Waals surface area (Å²) >= 11 is 1.62. The lowest BCUT2D eigenvalue weighted by Crippen LogP contribution is -2.25. The molecule has 0 N–H and O–H groups in total. The van der Waals surface area contributed by atoms with Crippen LogP contribution in [0.2, 0.25) is 0 Å². The number of aromatic nitrogens is 6. The van der Waals surface area contributed by atoms with E-state index >= 15 is 0 Å². The average molecular weight is 418 g/mol. The van der Waals surface area contributed by atoms with Gasteiger partial charge in [0.05, 0.1) is 15.8 Å². The molecule has 5 rings (SSSR count). The zero-order chi connectivity index (χ0) is 21.0. The van der Waals surface area contributed by atoms with E-state index in [0.29, 0.717) is 22.5 Å². The predicted molar refractivity (Wildman–Crippen MR) is 116 cm³/mol. The van der Waals surface area contributed by atoms with E-state index in [9.17, 15) is 9.59 Å². The Morgan fingerprint density at radius 3 is 2.60 bits per heavy atom. The van der Waals surface area contributed by atoms with Crippen molar-refractivity contribution in [2.75, 3.05) is 0 Å². The van der Waals surface area contributed by atoms with Gasteiger partial charge in [0.25, 0.3) is 11.1 Å². The summed E-state index contributed by atoms with van der Waals surface area (Å²) in [6, 6.07) is 12.9. The van der Waals surface area contributed by atoms with Crippen LogP contribution in [-0.4, -0.2) is 28.9 Å². The summed E-state index contributed by atoms with van der Waals surface area (Å²) in [6.07, 6.45) is 0. The number of rotatable bonds is 3. The maximum absolute atomic E-state index is 12.7. The summed E-state index contributed by atoms with van der Waals surface area (Å²) in [6.45, 7) is 4.11. The monoisotopic (exact) mass is 418 g/mol. The Morgan fingerprint density at radius 1 is 1.00 bits per heavy atom. The maximum atomic E-state index is 12.7.